The third-order valence-electron chi connectivity index (χ3n) is 4.07. The van der Waals surface area contributed by atoms with Crippen LogP contribution < -0.4 is 5.73 Å². The van der Waals surface area contributed by atoms with Crippen molar-refractivity contribution in [2.24, 2.45) is 11.1 Å². The minimum Gasteiger partial charge on any atom is -0.325 e. The number of aromatic nitrogens is 1. The van der Waals surface area contributed by atoms with Crippen LogP contribution in [0.25, 0.3) is 10.9 Å². The summed E-state index contributed by atoms with van der Waals surface area (Å²) in [6.45, 7) is 7.55. The molecular weight excluding hydrogens is 236 g/mol. The summed E-state index contributed by atoms with van der Waals surface area (Å²) in [6, 6.07) is 9.39. The zero-order valence-electron chi connectivity index (χ0n) is 11.9. The predicted octanol–water partition coefficient (Wildman–Crippen LogP) is 3.18. The first-order chi connectivity index (χ1) is 8.75. The number of hydrogen-bond acceptors (Lipinski definition) is 3. The van der Waals surface area contributed by atoms with Crippen LogP contribution in [0.4, 0.5) is 0 Å². The zero-order chi connectivity index (χ0) is 14.3. The number of hydrogen-bond donors (Lipinski definition) is 1. The predicted molar refractivity (Wildman–Crippen MR) is 78.1 cm³/mol. The van der Waals surface area contributed by atoms with Crippen LogP contribution >= 0.6 is 0 Å². The van der Waals surface area contributed by atoms with Gasteiger partial charge in [0.15, 0.2) is 5.78 Å². The molecule has 2 N–H and O–H groups in total. The summed E-state index contributed by atoms with van der Waals surface area (Å²) in [5.74, 6) is 0.0543. The van der Waals surface area contributed by atoms with E-state index < -0.39 is 11.0 Å². The molecule has 0 spiro atoms. The van der Waals surface area contributed by atoms with Crippen LogP contribution in [0.1, 0.15) is 38.1 Å². The lowest BCUT2D eigenvalue weighted by Crippen LogP contribution is -2.51. The number of carbonyl (C=O) groups is 1. The van der Waals surface area contributed by atoms with Gasteiger partial charge >= 0.3 is 0 Å². The maximum Gasteiger partial charge on any atom is 0.170 e. The highest BCUT2D eigenvalue weighted by Crippen LogP contribution is 2.34. The second-order valence-corrected chi connectivity index (χ2v) is 6.05. The van der Waals surface area contributed by atoms with Crippen molar-refractivity contribution < 1.29 is 4.79 Å². The van der Waals surface area contributed by atoms with Gasteiger partial charge in [-0.2, -0.15) is 0 Å². The monoisotopic (exact) mass is 256 g/mol. The van der Waals surface area contributed by atoms with Crippen LogP contribution in [-0.4, -0.2) is 16.3 Å². The molecule has 1 aromatic heterocycles. The molecule has 2 aromatic rings. The van der Waals surface area contributed by atoms with Crippen LogP contribution in [0.3, 0.4) is 0 Å². The number of pyridine rings is 1. The topological polar surface area (TPSA) is 56.0 Å². The van der Waals surface area contributed by atoms with Gasteiger partial charge in [-0.05, 0) is 26.0 Å². The van der Waals surface area contributed by atoms with Gasteiger partial charge in [-0.3, -0.25) is 9.78 Å². The van der Waals surface area contributed by atoms with E-state index in [2.05, 4.69) is 4.98 Å². The average molecular weight is 256 g/mol. The summed E-state index contributed by atoms with van der Waals surface area (Å²) in [6.07, 6.45) is 1.73. The van der Waals surface area contributed by atoms with E-state index in [0.717, 1.165) is 10.9 Å². The smallest absolute Gasteiger partial charge is 0.170 e. The summed E-state index contributed by atoms with van der Waals surface area (Å²) in [7, 11) is 0. The molecule has 0 aliphatic carbocycles. The van der Waals surface area contributed by atoms with Crippen LogP contribution in [0.5, 0.6) is 0 Å². The molecule has 2 rings (SSSR count). The molecule has 19 heavy (non-hydrogen) atoms. The fraction of sp³-hybridized carbons (Fsp3) is 0.375. The van der Waals surface area contributed by atoms with Crippen molar-refractivity contribution in [3.05, 3.63) is 42.1 Å². The number of benzene rings is 1. The SMILES string of the molecule is CC(C)(N)C(C)(C)C(=O)c1cccc2ncccc12. The fourth-order valence-electron chi connectivity index (χ4n) is 1.93. The molecule has 0 radical (unpaired) electrons. The quantitative estimate of drug-likeness (QED) is 0.858. The van der Waals surface area contributed by atoms with E-state index in [1.54, 1.807) is 6.20 Å². The molecule has 0 saturated heterocycles. The minimum absolute atomic E-state index is 0.0543. The molecule has 0 fully saturated rings. The van der Waals surface area contributed by atoms with Crippen molar-refractivity contribution in [3.63, 3.8) is 0 Å². The third-order valence-corrected chi connectivity index (χ3v) is 4.07. The second kappa shape index (κ2) is 4.42. The third kappa shape index (κ3) is 2.26. The highest BCUT2D eigenvalue weighted by molar-refractivity contribution is 6.10. The number of nitrogens with two attached hydrogens (primary N) is 1. The Balaban J connectivity index is 2.60. The lowest BCUT2D eigenvalue weighted by Gasteiger charge is -2.37. The van der Waals surface area contributed by atoms with Crippen molar-refractivity contribution in [3.8, 4) is 0 Å². The molecule has 1 heterocycles. The largest absolute Gasteiger partial charge is 0.325 e. The lowest BCUT2D eigenvalue weighted by atomic mass is 9.70. The van der Waals surface area contributed by atoms with Gasteiger partial charge in [0.25, 0.3) is 0 Å². The molecule has 0 unspecified atom stereocenters. The van der Waals surface area contributed by atoms with E-state index in [9.17, 15) is 4.79 Å². The maximum atomic E-state index is 12.8. The van der Waals surface area contributed by atoms with E-state index in [1.165, 1.54) is 0 Å². The Morgan fingerprint density at radius 2 is 1.79 bits per heavy atom. The normalized spacial score (nSPS) is 12.7. The summed E-state index contributed by atoms with van der Waals surface area (Å²) in [4.78, 5) is 17.1. The van der Waals surface area contributed by atoms with Gasteiger partial charge in [0.05, 0.1) is 5.52 Å². The van der Waals surface area contributed by atoms with Gasteiger partial charge < -0.3 is 5.73 Å². The van der Waals surface area contributed by atoms with Gasteiger partial charge in [0.2, 0.25) is 0 Å². The first-order valence-electron chi connectivity index (χ1n) is 6.42. The Hall–Kier alpha value is -1.74. The molecule has 0 aliphatic heterocycles. The maximum absolute atomic E-state index is 12.8. The van der Waals surface area contributed by atoms with Crippen LogP contribution in [-0.2, 0) is 0 Å². The lowest BCUT2D eigenvalue weighted by molar-refractivity contribution is 0.0737. The Kier molecular flexibility index (Phi) is 3.19. The van der Waals surface area contributed by atoms with E-state index >= 15 is 0 Å². The Morgan fingerprint density at radius 3 is 2.42 bits per heavy atom. The van der Waals surface area contributed by atoms with Crippen molar-refractivity contribution in [1.29, 1.82) is 0 Å². The van der Waals surface area contributed by atoms with Crippen molar-refractivity contribution in [1.82, 2.24) is 4.98 Å². The second-order valence-electron chi connectivity index (χ2n) is 6.05. The Bertz CT molecular complexity index is 619. The van der Waals surface area contributed by atoms with Crippen molar-refractivity contribution in [2.75, 3.05) is 0 Å². The number of fused-ring (bicyclic) bond motifs is 1. The average Bonchev–Trinajstić information content (AvgIpc) is 2.36. The number of nitrogens with zero attached hydrogens (tertiary/aromatic N) is 1. The van der Waals surface area contributed by atoms with Crippen LogP contribution in [0.15, 0.2) is 36.5 Å². The molecule has 0 aliphatic rings. The fourth-order valence-corrected chi connectivity index (χ4v) is 1.93. The van der Waals surface area contributed by atoms with Crippen molar-refractivity contribution >= 4 is 16.7 Å². The Morgan fingerprint density at radius 1 is 1.11 bits per heavy atom. The highest BCUT2D eigenvalue weighted by Gasteiger charge is 2.41. The van der Waals surface area contributed by atoms with Gasteiger partial charge in [-0.15, -0.1) is 0 Å². The Labute approximate surface area is 113 Å². The summed E-state index contributed by atoms with van der Waals surface area (Å²) in [5, 5.41) is 0.882. The van der Waals surface area contributed by atoms with E-state index in [-0.39, 0.29) is 5.78 Å². The highest BCUT2D eigenvalue weighted by atomic mass is 16.1. The number of Topliss-reactive ketones (excluding diaryl/α,β-unsaturated/α-hetero) is 1. The van der Waals surface area contributed by atoms with Gasteiger partial charge in [0.1, 0.15) is 0 Å². The molecule has 0 saturated carbocycles. The van der Waals surface area contributed by atoms with Crippen LogP contribution in [0, 0.1) is 5.41 Å². The summed E-state index contributed by atoms with van der Waals surface area (Å²) < 4.78 is 0. The molecule has 1 aromatic carbocycles. The summed E-state index contributed by atoms with van der Waals surface area (Å²) >= 11 is 0. The minimum atomic E-state index is -0.642. The standard InChI is InChI=1S/C16H20N2O/c1-15(2,16(3,4)17)14(19)12-7-5-9-13-11(12)8-6-10-18-13/h5-10H,17H2,1-4H3. The number of rotatable bonds is 3. The molecule has 100 valence electrons. The summed E-state index contributed by atoms with van der Waals surface area (Å²) in [5.41, 5.74) is 6.45. The van der Waals surface area contributed by atoms with Crippen LogP contribution in [0.2, 0.25) is 0 Å². The van der Waals surface area contributed by atoms with E-state index in [1.807, 2.05) is 58.0 Å². The first-order valence-corrected chi connectivity index (χ1v) is 6.42. The van der Waals surface area contributed by atoms with E-state index in [4.69, 9.17) is 5.73 Å². The molecular formula is C16H20N2O. The molecule has 0 amide bonds. The van der Waals surface area contributed by atoms with Gasteiger partial charge in [-0.25, -0.2) is 0 Å². The van der Waals surface area contributed by atoms with E-state index in [0.29, 0.717) is 5.56 Å². The molecule has 0 atom stereocenters. The molecule has 0 bridgehead atoms. The van der Waals surface area contributed by atoms with Crippen molar-refractivity contribution in [2.45, 2.75) is 33.2 Å². The molecule has 3 heteroatoms. The molecule has 3 nitrogen and oxygen atoms in total. The van der Waals surface area contributed by atoms with Gasteiger partial charge in [0, 0.05) is 28.1 Å². The van der Waals surface area contributed by atoms with Gasteiger partial charge in [-0.1, -0.05) is 32.0 Å². The zero-order valence-corrected chi connectivity index (χ0v) is 11.9. The first kappa shape index (κ1) is 13.7. The number of carbonyl (C=O) groups excluding carboxylic acids is 1. The number of ketones is 1.